The molecule has 2 atom stereocenters. The lowest BCUT2D eigenvalue weighted by atomic mass is 9.83. The molecule has 5 rings (SSSR count). The minimum Gasteiger partial charge on any atom is -0.335 e. The molecule has 2 unspecified atom stereocenters. The summed E-state index contributed by atoms with van der Waals surface area (Å²) in [5, 5.41) is 14.1. The molecule has 0 fully saturated rings. The Balaban J connectivity index is 1.19. The van der Waals surface area contributed by atoms with Gasteiger partial charge in [-0.3, -0.25) is 5.10 Å². The van der Waals surface area contributed by atoms with Crippen molar-refractivity contribution in [1.29, 1.82) is 0 Å². The number of amides is 2. The number of nitrogens with one attached hydrogen (secondary N) is 3. The summed E-state index contributed by atoms with van der Waals surface area (Å²) >= 11 is 0. The number of H-pyrrole nitrogens is 1. The minimum absolute atomic E-state index is 0.164. The molecule has 0 radical (unpaired) electrons. The van der Waals surface area contributed by atoms with Crippen LogP contribution in [-0.2, 0) is 13.0 Å². The molecule has 0 bridgehead atoms. The fourth-order valence-corrected chi connectivity index (χ4v) is 4.55. The van der Waals surface area contributed by atoms with Gasteiger partial charge in [0.15, 0.2) is 0 Å². The van der Waals surface area contributed by atoms with Gasteiger partial charge >= 0.3 is 12.2 Å². The molecule has 4 aromatic rings. The maximum atomic E-state index is 13.4. The molecule has 34 heavy (non-hydrogen) atoms. The third-order valence-corrected chi connectivity index (χ3v) is 6.32. The number of nitrogens with zero attached hydrogens (tertiary/aromatic N) is 1. The van der Waals surface area contributed by atoms with E-state index in [1.165, 1.54) is 17.0 Å². The monoisotopic (exact) mass is 464 g/mol. The zero-order valence-electron chi connectivity index (χ0n) is 18.2. The lowest BCUT2D eigenvalue weighted by Crippen LogP contribution is -2.46. The Kier molecular flexibility index (Phi) is 5.73. The van der Waals surface area contributed by atoms with Crippen LogP contribution in [0, 0.1) is 0 Å². The molecule has 0 aliphatic heterocycles. The summed E-state index contributed by atoms with van der Waals surface area (Å²) in [7, 11) is 0. The summed E-state index contributed by atoms with van der Waals surface area (Å²) in [6.45, 7) is 0.272. The van der Waals surface area contributed by atoms with Crippen molar-refractivity contribution in [2.75, 3.05) is 0 Å². The topological polar surface area (TPSA) is 69.8 Å². The van der Waals surface area contributed by atoms with Crippen molar-refractivity contribution >= 4 is 16.8 Å². The number of rotatable bonds is 4. The van der Waals surface area contributed by atoms with E-state index in [0.717, 1.165) is 16.7 Å². The SMILES string of the molecule is O=C(NCc1ccc(-c2ccc3ccccc3c2)cc1)NC1Cc2[nH]ncc2C(C(F)(F)F)C1. The zero-order chi connectivity index (χ0) is 23.7. The van der Waals surface area contributed by atoms with Gasteiger partial charge in [-0.15, -0.1) is 0 Å². The second-order valence-corrected chi connectivity index (χ2v) is 8.62. The number of urea groups is 1. The highest BCUT2D eigenvalue weighted by Crippen LogP contribution is 2.42. The van der Waals surface area contributed by atoms with Gasteiger partial charge in [0.25, 0.3) is 0 Å². The van der Waals surface area contributed by atoms with Crippen LogP contribution in [-0.4, -0.2) is 28.4 Å². The average Bonchev–Trinajstić information content (AvgIpc) is 3.30. The van der Waals surface area contributed by atoms with Crippen LogP contribution in [0.3, 0.4) is 0 Å². The first kappa shape index (κ1) is 22.0. The summed E-state index contributed by atoms with van der Waals surface area (Å²) < 4.78 is 40.3. The number of benzene rings is 3. The van der Waals surface area contributed by atoms with E-state index < -0.39 is 24.2 Å². The van der Waals surface area contributed by atoms with Crippen LogP contribution in [0.5, 0.6) is 0 Å². The predicted molar refractivity (Wildman–Crippen MR) is 124 cm³/mol. The van der Waals surface area contributed by atoms with Crippen LogP contribution < -0.4 is 10.6 Å². The van der Waals surface area contributed by atoms with Crippen LogP contribution >= 0.6 is 0 Å². The molecule has 1 heterocycles. The molecule has 0 saturated carbocycles. The normalized spacial score (nSPS) is 17.9. The van der Waals surface area contributed by atoms with Crippen LogP contribution in [0.25, 0.3) is 21.9 Å². The number of hydrogen-bond donors (Lipinski definition) is 3. The first-order valence-electron chi connectivity index (χ1n) is 11.1. The standard InChI is InChI=1S/C26H23F3N4O/c27-26(28,29)23-12-21(13-24-22(23)15-31-33-24)32-25(34)30-14-16-5-7-18(8-6-16)20-10-9-17-3-1-2-4-19(17)11-20/h1-11,15,21,23H,12-14H2,(H,31,33)(H2,30,32,34). The van der Waals surface area contributed by atoms with E-state index in [1.807, 2.05) is 36.4 Å². The highest BCUT2D eigenvalue weighted by atomic mass is 19.4. The number of fused-ring (bicyclic) bond motifs is 2. The zero-order valence-corrected chi connectivity index (χ0v) is 18.2. The van der Waals surface area contributed by atoms with E-state index in [0.29, 0.717) is 5.69 Å². The molecule has 0 spiro atoms. The Morgan fingerprint density at radius 3 is 2.50 bits per heavy atom. The van der Waals surface area contributed by atoms with E-state index in [9.17, 15) is 18.0 Å². The fraction of sp³-hybridized carbons (Fsp3) is 0.231. The second kappa shape index (κ2) is 8.85. The molecule has 5 nitrogen and oxygen atoms in total. The highest BCUT2D eigenvalue weighted by Gasteiger charge is 2.46. The Hall–Kier alpha value is -3.81. The number of alkyl halides is 3. The minimum atomic E-state index is -4.39. The van der Waals surface area contributed by atoms with E-state index in [2.05, 4.69) is 51.2 Å². The summed E-state index contributed by atoms with van der Waals surface area (Å²) in [6.07, 6.45) is -3.08. The van der Waals surface area contributed by atoms with Gasteiger partial charge in [0.05, 0.1) is 12.1 Å². The summed E-state index contributed by atoms with van der Waals surface area (Å²) in [4.78, 5) is 12.4. The molecule has 174 valence electrons. The number of halogens is 3. The molecule has 1 aliphatic carbocycles. The van der Waals surface area contributed by atoms with Gasteiger partial charge in [-0.25, -0.2) is 4.79 Å². The number of hydrogen-bond acceptors (Lipinski definition) is 2. The number of carbonyl (C=O) groups is 1. The summed E-state index contributed by atoms with van der Waals surface area (Å²) in [5.74, 6) is -1.64. The summed E-state index contributed by atoms with van der Waals surface area (Å²) in [5.41, 5.74) is 3.65. The van der Waals surface area contributed by atoms with Gasteiger partial charge in [-0.1, -0.05) is 60.7 Å². The number of aromatic nitrogens is 2. The molecule has 1 aromatic heterocycles. The van der Waals surface area contributed by atoms with Crippen LogP contribution in [0.15, 0.2) is 72.9 Å². The second-order valence-electron chi connectivity index (χ2n) is 8.62. The van der Waals surface area contributed by atoms with Gasteiger partial charge in [-0.05, 0) is 39.9 Å². The third kappa shape index (κ3) is 4.62. The van der Waals surface area contributed by atoms with Crippen molar-refractivity contribution in [1.82, 2.24) is 20.8 Å². The fourth-order valence-electron chi connectivity index (χ4n) is 4.55. The average molecular weight is 464 g/mol. The van der Waals surface area contributed by atoms with E-state index in [4.69, 9.17) is 0 Å². The Bertz CT molecular complexity index is 1310. The van der Waals surface area contributed by atoms with E-state index in [1.54, 1.807) is 0 Å². The lowest BCUT2D eigenvalue weighted by molar-refractivity contribution is -0.154. The predicted octanol–water partition coefficient (Wildman–Crippen LogP) is 5.69. The molecule has 3 aromatic carbocycles. The molecule has 0 saturated heterocycles. The van der Waals surface area contributed by atoms with Gasteiger partial charge in [-0.2, -0.15) is 18.3 Å². The Morgan fingerprint density at radius 2 is 1.74 bits per heavy atom. The quantitative estimate of drug-likeness (QED) is 0.363. The van der Waals surface area contributed by atoms with Crippen LogP contribution in [0.4, 0.5) is 18.0 Å². The molecule has 1 aliphatic rings. The van der Waals surface area contributed by atoms with Gasteiger partial charge in [0.1, 0.15) is 0 Å². The Labute approximate surface area is 194 Å². The first-order chi connectivity index (χ1) is 16.4. The maximum absolute atomic E-state index is 13.4. The molecule has 2 amide bonds. The van der Waals surface area contributed by atoms with Crippen molar-refractivity contribution in [3.8, 4) is 11.1 Å². The molecular weight excluding hydrogens is 441 g/mol. The molecule has 8 heteroatoms. The van der Waals surface area contributed by atoms with E-state index >= 15 is 0 Å². The molecule has 3 N–H and O–H groups in total. The molecular formula is C26H23F3N4O. The highest BCUT2D eigenvalue weighted by molar-refractivity contribution is 5.87. The lowest BCUT2D eigenvalue weighted by Gasteiger charge is -2.30. The van der Waals surface area contributed by atoms with E-state index in [-0.39, 0.29) is 24.9 Å². The van der Waals surface area contributed by atoms with Gasteiger partial charge < -0.3 is 10.6 Å². The van der Waals surface area contributed by atoms with Crippen molar-refractivity contribution in [2.24, 2.45) is 0 Å². The summed E-state index contributed by atoms with van der Waals surface area (Å²) in [6, 6.07) is 21.2. The van der Waals surface area contributed by atoms with Crippen molar-refractivity contribution < 1.29 is 18.0 Å². The van der Waals surface area contributed by atoms with Gasteiger partial charge in [0, 0.05) is 30.3 Å². The van der Waals surface area contributed by atoms with Crippen molar-refractivity contribution in [2.45, 2.75) is 37.5 Å². The number of aromatic amines is 1. The van der Waals surface area contributed by atoms with Crippen LogP contribution in [0.2, 0.25) is 0 Å². The van der Waals surface area contributed by atoms with Gasteiger partial charge in [0.2, 0.25) is 0 Å². The number of carbonyl (C=O) groups excluding carboxylic acids is 1. The van der Waals surface area contributed by atoms with Crippen molar-refractivity contribution in [3.05, 3.63) is 89.7 Å². The third-order valence-electron chi connectivity index (χ3n) is 6.32. The largest absolute Gasteiger partial charge is 0.395 e. The first-order valence-corrected chi connectivity index (χ1v) is 11.1. The van der Waals surface area contributed by atoms with Crippen molar-refractivity contribution in [3.63, 3.8) is 0 Å². The smallest absolute Gasteiger partial charge is 0.335 e. The Morgan fingerprint density at radius 1 is 1.00 bits per heavy atom. The van der Waals surface area contributed by atoms with Crippen LogP contribution in [0.1, 0.15) is 29.2 Å². The maximum Gasteiger partial charge on any atom is 0.395 e.